The highest BCUT2D eigenvalue weighted by Gasteiger charge is 2.56. The number of carbonyl (C=O) groups is 1. The van der Waals surface area contributed by atoms with Gasteiger partial charge in [0, 0.05) is 11.6 Å². The molecule has 2 aromatic rings. The number of amides is 1. The summed E-state index contributed by atoms with van der Waals surface area (Å²) in [6.07, 6.45) is -3.28. The summed E-state index contributed by atoms with van der Waals surface area (Å²) in [5, 5.41) is 1.93. The molecule has 0 spiro atoms. The number of halogens is 4. The van der Waals surface area contributed by atoms with Gasteiger partial charge in [-0.15, -0.1) is 0 Å². The average molecular weight is 356 g/mol. The maximum absolute atomic E-state index is 13.6. The molecule has 0 unspecified atom stereocenters. The Morgan fingerprint density at radius 2 is 1.88 bits per heavy atom. The van der Waals surface area contributed by atoms with Crippen LogP contribution in [0.2, 0.25) is 0 Å². The van der Waals surface area contributed by atoms with Crippen molar-refractivity contribution in [2.45, 2.75) is 44.3 Å². The predicted octanol–water partition coefficient (Wildman–Crippen LogP) is 3.58. The minimum atomic E-state index is -4.61. The molecule has 8 heteroatoms. The Morgan fingerprint density at radius 1 is 1.24 bits per heavy atom. The minimum absolute atomic E-state index is 0.0716. The molecule has 1 saturated carbocycles. The normalized spacial score (nSPS) is 17.0. The Bertz CT molecular complexity index is 896. The SMILES string of the molecule is Cc1cc(F)cc2c(=O)c(C(=O)NC3(C(F)(F)F)CCCC3)c[nH]c12. The number of carbonyl (C=O) groups excluding carboxylic acids is 1. The first-order chi connectivity index (χ1) is 11.6. The lowest BCUT2D eigenvalue weighted by atomic mass is 9.96. The van der Waals surface area contributed by atoms with E-state index in [1.165, 1.54) is 6.07 Å². The molecule has 0 aliphatic heterocycles. The number of hydrogen-bond donors (Lipinski definition) is 2. The number of benzene rings is 1. The monoisotopic (exact) mass is 356 g/mol. The van der Waals surface area contributed by atoms with E-state index in [2.05, 4.69) is 4.98 Å². The Hall–Kier alpha value is -2.38. The van der Waals surface area contributed by atoms with Crippen molar-refractivity contribution in [3.05, 3.63) is 45.5 Å². The van der Waals surface area contributed by atoms with Crippen LogP contribution in [0.3, 0.4) is 0 Å². The van der Waals surface area contributed by atoms with Gasteiger partial charge in [0.05, 0.1) is 5.52 Å². The Morgan fingerprint density at radius 3 is 2.48 bits per heavy atom. The van der Waals surface area contributed by atoms with E-state index in [-0.39, 0.29) is 18.2 Å². The highest BCUT2D eigenvalue weighted by atomic mass is 19.4. The van der Waals surface area contributed by atoms with Gasteiger partial charge in [0.1, 0.15) is 16.9 Å². The van der Waals surface area contributed by atoms with Crippen molar-refractivity contribution in [2.24, 2.45) is 0 Å². The van der Waals surface area contributed by atoms with Crippen LogP contribution in [0.15, 0.2) is 23.1 Å². The number of H-pyrrole nitrogens is 1. The quantitative estimate of drug-likeness (QED) is 0.808. The Kier molecular flexibility index (Phi) is 4.09. The number of nitrogens with one attached hydrogen (secondary N) is 2. The maximum Gasteiger partial charge on any atom is 0.411 e. The van der Waals surface area contributed by atoms with Crippen LogP contribution in [-0.4, -0.2) is 22.6 Å². The van der Waals surface area contributed by atoms with Crippen molar-refractivity contribution in [3.63, 3.8) is 0 Å². The first-order valence-electron chi connectivity index (χ1n) is 7.85. The van der Waals surface area contributed by atoms with Gasteiger partial charge in [0.2, 0.25) is 5.43 Å². The molecule has 1 heterocycles. The zero-order chi connectivity index (χ0) is 18.4. The van der Waals surface area contributed by atoms with E-state index in [9.17, 15) is 27.2 Å². The second kappa shape index (κ2) is 5.86. The van der Waals surface area contributed by atoms with Crippen molar-refractivity contribution >= 4 is 16.8 Å². The molecular weight excluding hydrogens is 340 g/mol. The zero-order valence-electron chi connectivity index (χ0n) is 13.4. The van der Waals surface area contributed by atoms with E-state index in [4.69, 9.17) is 0 Å². The highest BCUT2D eigenvalue weighted by molar-refractivity contribution is 5.98. The van der Waals surface area contributed by atoms with Crippen LogP contribution in [0.5, 0.6) is 0 Å². The topological polar surface area (TPSA) is 62.0 Å². The molecule has 0 bridgehead atoms. The second-order valence-electron chi connectivity index (χ2n) is 6.42. The van der Waals surface area contributed by atoms with Gasteiger partial charge in [0.15, 0.2) is 0 Å². The van der Waals surface area contributed by atoms with Gasteiger partial charge in [-0.25, -0.2) is 4.39 Å². The smallest absolute Gasteiger partial charge is 0.360 e. The van der Waals surface area contributed by atoms with Crippen molar-refractivity contribution in [1.82, 2.24) is 10.3 Å². The number of alkyl halides is 3. The number of rotatable bonds is 2. The van der Waals surface area contributed by atoms with E-state index in [1.807, 2.05) is 5.32 Å². The number of hydrogen-bond acceptors (Lipinski definition) is 2. The fourth-order valence-corrected chi connectivity index (χ4v) is 3.38. The standard InChI is InChI=1S/C17H16F4N2O2/c1-9-6-10(18)7-11-13(9)22-8-12(14(11)24)15(25)23-16(17(19,20)21)4-2-3-5-16/h6-8H,2-5H2,1H3,(H,22,24)(H,23,25). The van der Waals surface area contributed by atoms with Gasteiger partial charge >= 0.3 is 6.18 Å². The van der Waals surface area contributed by atoms with Crippen LogP contribution in [0.1, 0.15) is 41.6 Å². The van der Waals surface area contributed by atoms with Crippen LogP contribution in [0.4, 0.5) is 17.6 Å². The lowest BCUT2D eigenvalue weighted by molar-refractivity contribution is -0.191. The largest absolute Gasteiger partial charge is 0.411 e. The van der Waals surface area contributed by atoms with Gasteiger partial charge in [-0.2, -0.15) is 13.2 Å². The Balaban J connectivity index is 2.03. The van der Waals surface area contributed by atoms with Gasteiger partial charge in [-0.3, -0.25) is 9.59 Å². The first kappa shape index (κ1) is 17.4. The molecular formula is C17H16F4N2O2. The van der Waals surface area contributed by atoms with Gasteiger partial charge in [0.25, 0.3) is 5.91 Å². The molecule has 1 fully saturated rings. The maximum atomic E-state index is 13.6. The fraction of sp³-hybridized carbons (Fsp3) is 0.412. The molecule has 0 radical (unpaired) electrons. The highest BCUT2D eigenvalue weighted by Crippen LogP contribution is 2.43. The molecule has 1 amide bonds. The molecule has 0 saturated heterocycles. The number of fused-ring (bicyclic) bond motifs is 1. The summed E-state index contributed by atoms with van der Waals surface area (Å²) < 4.78 is 53.8. The predicted molar refractivity (Wildman–Crippen MR) is 84.0 cm³/mol. The summed E-state index contributed by atoms with van der Waals surface area (Å²) in [5.41, 5.74) is -2.78. The van der Waals surface area contributed by atoms with Crippen molar-refractivity contribution in [3.8, 4) is 0 Å². The van der Waals surface area contributed by atoms with Crippen LogP contribution in [0.25, 0.3) is 10.9 Å². The summed E-state index contributed by atoms with van der Waals surface area (Å²) >= 11 is 0. The molecule has 4 nitrogen and oxygen atoms in total. The third kappa shape index (κ3) is 2.89. The molecule has 1 aliphatic carbocycles. The van der Waals surface area contributed by atoms with E-state index >= 15 is 0 Å². The molecule has 0 atom stereocenters. The molecule has 1 aromatic carbocycles. The van der Waals surface area contributed by atoms with E-state index < -0.39 is 34.4 Å². The van der Waals surface area contributed by atoms with Gasteiger partial charge in [-0.05, 0) is 37.5 Å². The van der Waals surface area contributed by atoms with Crippen LogP contribution in [-0.2, 0) is 0 Å². The summed E-state index contributed by atoms with van der Waals surface area (Å²) in [4.78, 5) is 27.5. The van der Waals surface area contributed by atoms with Crippen molar-refractivity contribution in [2.75, 3.05) is 0 Å². The minimum Gasteiger partial charge on any atom is -0.360 e. The molecule has 1 aliphatic rings. The fourth-order valence-electron chi connectivity index (χ4n) is 3.38. The van der Waals surface area contributed by atoms with E-state index in [1.54, 1.807) is 6.92 Å². The number of aryl methyl sites for hydroxylation is 1. The molecule has 1 aromatic heterocycles. The van der Waals surface area contributed by atoms with Crippen LogP contribution >= 0.6 is 0 Å². The van der Waals surface area contributed by atoms with Gasteiger partial charge < -0.3 is 10.3 Å². The van der Waals surface area contributed by atoms with Crippen molar-refractivity contribution < 1.29 is 22.4 Å². The Labute approximate surface area is 140 Å². The molecule has 3 rings (SSSR count). The van der Waals surface area contributed by atoms with Crippen LogP contribution < -0.4 is 10.7 Å². The van der Waals surface area contributed by atoms with Gasteiger partial charge in [-0.1, -0.05) is 12.8 Å². The van der Waals surface area contributed by atoms with E-state index in [0.717, 1.165) is 12.3 Å². The molecule has 2 N–H and O–H groups in total. The summed E-state index contributed by atoms with van der Waals surface area (Å²) in [6.45, 7) is 1.58. The van der Waals surface area contributed by atoms with E-state index in [0.29, 0.717) is 23.9 Å². The third-order valence-electron chi connectivity index (χ3n) is 4.75. The average Bonchev–Trinajstić information content (AvgIpc) is 2.97. The zero-order valence-corrected chi connectivity index (χ0v) is 13.4. The summed E-state index contributed by atoms with van der Waals surface area (Å²) in [5.74, 6) is -1.76. The third-order valence-corrected chi connectivity index (χ3v) is 4.75. The van der Waals surface area contributed by atoms with Crippen LogP contribution in [0, 0.1) is 12.7 Å². The second-order valence-corrected chi connectivity index (χ2v) is 6.42. The molecule has 25 heavy (non-hydrogen) atoms. The number of pyridine rings is 1. The number of aromatic nitrogens is 1. The lowest BCUT2D eigenvalue weighted by Crippen LogP contribution is -2.57. The first-order valence-corrected chi connectivity index (χ1v) is 7.85. The number of aromatic amines is 1. The van der Waals surface area contributed by atoms with Crippen molar-refractivity contribution in [1.29, 1.82) is 0 Å². The summed E-state index contributed by atoms with van der Waals surface area (Å²) in [6, 6.07) is 2.18. The lowest BCUT2D eigenvalue weighted by Gasteiger charge is -2.32. The summed E-state index contributed by atoms with van der Waals surface area (Å²) in [7, 11) is 0. The molecule has 134 valence electrons.